The molecule has 90 valence electrons. The Bertz CT molecular complexity index is 576. The molecule has 2 rings (SSSR count). The summed E-state index contributed by atoms with van der Waals surface area (Å²) in [7, 11) is 0. The van der Waals surface area contributed by atoms with E-state index in [1.165, 1.54) is 23.6 Å². The van der Waals surface area contributed by atoms with Gasteiger partial charge in [-0.2, -0.15) is 13.2 Å². The molecule has 0 spiro atoms. The minimum Gasteiger partial charge on any atom is -0.258 e. The summed E-state index contributed by atoms with van der Waals surface area (Å²) in [6.45, 7) is 0. The minimum atomic E-state index is -4.31. The second-order valence-corrected chi connectivity index (χ2v) is 4.34. The molecule has 0 radical (unpaired) electrons. The molecule has 0 N–H and O–H groups in total. The number of thiophene rings is 1. The molecule has 0 amide bonds. The largest absolute Gasteiger partial charge is 0.393 e. The highest BCUT2D eigenvalue weighted by Gasteiger charge is 2.29. The van der Waals surface area contributed by atoms with Gasteiger partial charge >= 0.3 is 6.18 Å². The number of nitrogens with zero attached hydrogens (tertiary/aromatic N) is 1. The van der Waals surface area contributed by atoms with E-state index < -0.39 is 17.5 Å². The summed E-state index contributed by atoms with van der Waals surface area (Å²) in [6.07, 6.45) is -5.37. The highest BCUT2D eigenvalue weighted by molar-refractivity contribution is 7.18. The van der Waals surface area contributed by atoms with E-state index in [0.29, 0.717) is 5.39 Å². The summed E-state index contributed by atoms with van der Waals surface area (Å²) in [6, 6.07) is 4.16. The van der Waals surface area contributed by atoms with E-state index in [1.54, 1.807) is 0 Å². The molecule has 2 aromatic rings. The molecule has 0 unspecified atom stereocenters. The molecular formula is C10H6F3NO2S. The SMILES string of the molecule is O=[N+]([O-])c1cccc2c(CC(F)(F)F)csc12. The maximum atomic E-state index is 12.3. The summed E-state index contributed by atoms with van der Waals surface area (Å²) < 4.78 is 37.1. The molecule has 1 heterocycles. The van der Waals surface area contributed by atoms with Gasteiger partial charge in [0.2, 0.25) is 0 Å². The van der Waals surface area contributed by atoms with Gasteiger partial charge in [0.25, 0.3) is 5.69 Å². The standard InChI is InChI=1S/C10H6F3NO2S/c11-10(12,13)4-6-5-17-9-7(6)2-1-3-8(9)14(15)16/h1-3,5H,4H2. The zero-order chi connectivity index (χ0) is 12.6. The van der Waals surface area contributed by atoms with Gasteiger partial charge in [0.15, 0.2) is 0 Å². The van der Waals surface area contributed by atoms with E-state index in [-0.39, 0.29) is 16.0 Å². The fourth-order valence-electron chi connectivity index (χ4n) is 1.59. The zero-order valence-corrected chi connectivity index (χ0v) is 9.14. The number of halogens is 3. The van der Waals surface area contributed by atoms with E-state index in [0.717, 1.165) is 11.3 Å². The van der Waals surface area contributed by atoms with Gasteiger partial charge in [-0.15, -0.1) is 11.3 Å². The van der Waals surface area contributed by atoms with Crippen LogP contribution in [0.4, 0.5) is 18.9 Å². The summed E-state index contributed by atoms with van der Waals surface area (Å²) in [4.78, 5) is 10.1. The molecule has 1 aromatic carbocycles. The van der Waals surface area contributed by atoms with Crippen molar-refractivity contribution in [2.75, 3.05) is 0 Å². The topological polar surface area (TPSA) is 43.1 Å². The van der Waals surface area contributed by atoms with Gasteiger partial charge in [0, 0.05) is 11.5 Å². The van der Waals surface area contributed by atoms with Crippen LogP contribution in [0.1, 0.15) is 5.56 Å². The number of hydrogen-bond acceptors (Lipinski definition) is 3. The summed E-state index contributed by atoms with van der Waals surface area (Å²) in [5.41, 5.74) is -0.0675. The fraction of sp³-hybridized carbons (Fsp3) is 0.200. The molecule has 1 aromatic heterocycles. The average Bonchev–Trinajstić information content (AvgIpc) is 2.59. The van der Waals surface area contributed by atoms with Crippen LogP contribution in [0.25, 0.3) is 10.1 Å². The van der Waals surface area contributed by atoms with Gasteiger partial charge in [-0.25, -0.2) is 0 Å². The molecule has 0 fully saturated rings. The predicted octanol–water partition coefficient (Wildman–Crippen LogP) is 3.91. The van der Waals surface area contributed by atoms with Crippen LogP contribution in [0.15, 0.2) is 23.6 Å². The molecule has 7 heteroatoms. The van der Waals surface area contributed by atoms with Crippen LogP contribution < -0.4 is 0 Å². The van der Waals surface area contributed by atoms with Crippen LogP contribution >= 0.6 is 11.3 Å². The number of hydrogen-bond donors (Lipinski definition) is 0. The lowest BCUT2D eigenvalue weighted by Gasteiger charge is -2.04. The molecule has 0 saturated heterocycles. The van der Waals surface area contributed by atoms with Crippen molar-refractivity contribution >= 4 is 27.1 Å². The van der Waals surface area contributed by atoms with Gasteiger partial charge in [0.05, 0.1) is 11.3 Å². The van der Waals surface area contributed by atoms with Crippen molar-refractivity contribution in [3.05, 3.63) is 39.3 Å². The van der Waals surface area contributed by atoms with Crippen molar-refractivity contribution < 1.29 is 18.1 Å². The monoisotopic (exact) mass is 261 g/mol. The molecular weight excluding hydrogens is 255 g/mol. The number of alkyl halides is 3. The maximum absolute atomic E-state index is 12.3. The minimum absolute atomic E-state index is 0.0844. The van der Waals surface area contributed by atoms with E-state index in [9.17, 15) is 23.3 Å². The number of fused-ring (bicyclic) bond motifs is 1. The average molecular weight is 261 g/mol. The van der Waals surface area contributed by atoms with E-state index >= 15 is 0 Å². The zero-order valence-electron chi connectivity index (χ0n) is 8.32. The predicted molar refractivity (Wildman–Crippen MR) is 58.2 cm³/mol. The van der Waals surface area contributed by atoms with Crippen molar-refractivity contribution in [1.82, 2.24) is 0 Å². The Morgan fingerprint density at radius 3 is 2.65 bits per heavy atom. The third-order valence-corrected chi connectivity index (χ3v) is 3.31. The third-order valence-electron chi connectivity index (χ3n) is 2.25. The number of rotatable bonds is 2. The third kappa shape index (κ3) is 2.38. The van der Waals surface area contributed by atoms with E-state index in [2.05, 4.69) is 0 Å². The Labute approximate surface area is 97.6 Å². The fourth-order valence-corrected chi connectivity index (χ4v) is 2.65. The van der Waals surface area contributed by atoms with Crippen molar-refractivity contribution in [3.63, 3.8) is 0 Å². The van der Waals surface area contributed by atoms with Gasteiger partial charge in [-0.3, -0.25) is 10.1 Å². The number of non-ortho nitro benzene ring substituents is 1. The summed E-state index contributed by atoms with van der Waals surface area (Å²) >= 11 is 0.968. The van der Waals surface area contributed by atoms with Crippen LogP contribution in [-0.4, -0.2) is 11.1 Å². The number of nitro groups is 1. The molecule has 0 atom stereocenters. The molecule has 17 heavy (non-hydrogen) atoms. The Morgan fingerprint density at radius 1 is 1.35 bits per heavy atom. The van der Waals surface area contributed by atoms with Crippen LogP contribution in [0.2, 0.25) is 0 Å². The smallest absolute Gasteiger partial charge is 0.258 e. The lowest BCUT2D eigenvalue weighted by Crippen LogP contribution is -2.10. The highest BCUT2D eigenvalue weighted by atomic mass is 32.1. The summed E-state index contributed by atoms with van der Waals surface area (Å²) in [5.74, 6) is 0. The normalized spacial score (nSPS) is 11.9. The maximum Gasteiger partial charge on any atom is 0.393 e. The first kappa shape index (κ1) is 11.8. The van der Waals surface area contributed by atoms with Crippen LogP contribution in [0, 0.1) is 10.1 Å². The van der Waals surface area contributed by atoms with Gasteiger partial charge in [0.1, 0.15) is 4.70 Å². The molecule has 3 nitrogen and oxygen atoms in total. The lowest BCUT2D eigenvalue weighted by atomic mass is 10.1. The number of nitro benzene ring substituents is 1. The lowest BCUT2D eigenvalue weighted by molar-refractivity contribution is -0.382. The van der Waals surface area contributed by atoms with Gasteiger partial charge in [-0.1, -0.05) is 12.1 Å². The first-order valence-electron chi connectivity index (χ1n) is 4.59. The van der Waals surface area contributed by atoms with Crippen molar-refractivity contribution in [2.24, 2.45) is 0 Å². The van der Waals surface area contributed by atoms with Crippen LogP contribution in [0.3, 0.4) is 0 Å². The molecule has 0 bridgehead atoms. The molecule has 0 saturated carbocycles. The van der Waals surface area contributed by atoms with Crippen molar-refractivity contribution in [2.45, 2.75) is 12.6 Å². The Hall–Kier alpha value is -1.63. The van der Waals surface area contributed by atoms with Crippen molar-refractivity contribution in [3.8, 4) is 0 Å². The number of benzene rings is 1. The Balaban J connectivity index is 2.55. The first-order valence-corrected chi connectivity index (χ1v) is 5.46. The first-order chi connectivity index (χ1) is 7.88. The Kier molecular flexibility index (Phi) is 2.78. The summed E-state index contributed by atoms with van der Waals surface area (Å²) in [5, 5.41) is 12.3. The van der Waals surface area contributed by atoms with Crippen LogP contribution in [0.5, 0.6) is 0 Å². The van der Waals surface area contributed by atoms with E-state index in [1.807, 2.05) is 0 Å². The highest BCUT2D eigenvalue weighted by Crippen LogP contribution is 2.36. The Morgan fingerprint density at radius 2 is 2.06 bits per heavy atom. The molecule has 0 aliphatic heterocycles. The van der Waals surface area contributed by atoms with Crippen molar-refractivity contribution in [1.29, 1.82) is 0 Å². The quantitative estimate of drug-likeness (QED) is 0.607. The van der Waals surface area contributed by atoms with Gasteiger partial charge in [-0.05, 0) is 10.9 Å². The van der Waals surface area contributed by atoms with E-state index in [4.69, 9.17) is 0 Å². The molecule has 0 aliphatic carbocycles. The second-order valence-electron chi connectivity index (χ2n) is 3.46. The molecule has 0 aliphatic rings. The van der Waals surface area contributed by atoms with Crippen LogP contribution in [-0.2, 0) is 6.42 Å². The second kappa shape index (κ2) is 3.99. The van der Waals surface area contributed by atoms with Gasteiger partial charge < -0.3 is 0 Å².